The summed E-state index contributed by atoms with van der Waals surface area (Å²) >= 11 is 6.38. The van der Waals surface area contributed by atoms with Gasteiger partial charge >= 0.3 is 0 Å². The zero-order valence-electron chi connectivity index (χ0n) is 20.1. The van der Waals surface area contributed by atoms with Crippen molar-refractivity contribution >= 4 is 94.8 Å². The zero-order valence-corrected chi connectivity index (χ0v) is 24.8. The van der Waals surface area contributed by atoms with Crippen LogP contribution in [0.5, 0.6) is 5.75 Å². The summed E-state index contributed by atoms with van der Waals surface area (Å²) in [6.45, 7) is 0.0514. The third kappa shape index (κ3) is 6.85. The Bertz CT molecular complexity index is 1010. The minimum Gasteiger partial charge on any atom is -0.482 e. The van der Waals surface area contributed by atoms with Crippen LogP contribution in [0.3, 0.4) is 0 Å². The number of fused-ring (bicyclic) bond motifs is 2. The van der Waals surface area contributed by atoms with Gasteiger partial charge in [0.1, 0.15) is 30.5 Å². The molecule has 5 rings (SSSR count). The summed E-state index contributed by atoms with van der Waals surface area (Å²) in [6, 6.07) is 3.30. The highest BCUT2D eigenvalue weighted by molar-refractivity contribution is 7.59. The molecule has 3 aliphatic heterocycles. The fourth-order valence-corrected chi connectivity index (χ4v) is 5.65. The maximum absolute atomic E-state index is 13.7. The number of alkyl halides is 1. The van der Waals surface area contributed by atoms with Gasteiger partial charge in [-0.3, -0.25) is 19.2 Å². The molecule has 0 bridgehead atoms. The van der Waals surface area contributed by atoms with Gasteiger partial charge in [-0.25, -0.2) is 0 Å². The lowest BCUT2D eigenvalue weighted by molar-refractivity contribution is -0.139. The normalized spacial score (nSPS) is 24.9. The van der Waals surface area contributed by atoms with E-state index in [1.807, 2.05) is 0 Å². The average molecular weight is 612 g/mol. The highest BCUT2D eigenvalue weighted by atomic mass is 35.5. The number of hydrogen-bond donors (Lipinski definition) is 2. The molecule has 0 unspecified atom stereocenters. The summed E-state index contributed by atoms with van der Waals surface area (Å²) < 4.78 is 10.9. The van der Waals surface area contributed by atoms with Crippen molar-refractivity contribution in [3.05, 3.63) is 23.8 Å². The zero-order chi connectivity index (χ0) is 23.1. The molecule has 1 aromatic carbocycles. The van der Waals surface area contributed by atoms with Gasteiger partial charge < -0.3 is 25.0 Å². The molecule has 4 aliphatic rings. The van der Waals surface area contributed by atoms with E-state index in [0.717, 1.165) is 32.1 Å². The van der Waals surface area contributed by atoms with E-state index < -0.39 is 29.5 Å². The highest BCUT2D eigenvalue weighted by Gasteiger charge is 2.53. The summed E-state index contributed by atoms with van der Waals surface area (Å²) in [5, 5.41) is 5.17. The second kappa shape index (κ2) is 14.2. The predicted octanol–water partition coefficient (Wildman–Crippen LogP) is 1.93. The first-order valence-corrected chi connectivity index (χ1v) is 11.8. The Labute approximate surface area is 248 Å². The van der Waals surface area contributed by atoms with Gasteiger partial charge in [-0.2, -0.15) is 54.0 Å². The maximum Gasteiger partial charge on any atom is 0.262 e. The fraction of sp³-hybridized carbons (Fsp3) is 0.565. The van der Waals surface area contributed by atoms with E-state index in [4.69, 9.17) is 21.1 Å². The Kier molecular flexibility index (Phi) is 13.0. The molecule has 3 heterocycles. The van der Waals surface area contributed by atoms with Crippen molar-refractivity contribution in [2.75, 3.05) is 25.1 Å². The van der Waals surface area contributed by atoms with Crippen molar-refractivity contribution in [3.8, 4) is 5.75 Å². The number of benzene rings is 1. The Morgan fingerprint density at radius 1 is 1.05 bits per heavy atom. The van der Waals surface area contributed by atoms with Gasteiger partial charge in [0.15, 0.2) is 12.4 Å². The van der Waals surface area contributed by atoms with E-state index in [-0.39, 0.29) is 97.3 Å². The predicted molar refractivity (Wildman–Crippen MR) is 160 cm³/mol. The molecule has 0 radical (unpaired) electrons. The van der Waals surface area contributed by atoms with Crippen LogP contribution in [0.4, 0.5) is 5.69 Å². The smallest absolute Gasteiger partial charge is 0.262 e. The molecule has 0 spiro atoms. The van der Waals surface area contributed by atoms with Gasteiger partial charge in [0.05, 0.1) is 11.1 Å². The Morgan fingerprint density at radius 2 is 1.76 bits per heavy atom. The molecule has 2 saturated heterocycles. The van der Waals surface area contributed by atoms with Crippen molar-refractivity contribution in [3.63, 3.8) is 0 Å². The number of Topliss-reactive ketones (excluding diaryl/α,β-unsaturated/α-hetero) is 1. The molecular formula is C23H34ClN3O6S4. The number of halogens is 1. The maximum atomic E-state index is 13.7. The number of likely N-dealkylation sites (tertiary alicyclic amines) is 1. The van der Waals surface area contributed by atoms with Crippen LogP contribution in [0.2, 0.25) is 0 Å². The highest BCUT2D eigenvalue weighted by Crippen LogP contribution is 2.34. The van der Waals surface area contributed by atoms with Crippen LogP contribution >= 0.6 is 65.6 Å². The standard InChI is InChI=1S/C23H26ClN3O6.4H2S/c24-14-9-27(20-16(28)10-33-21(14)20)23(31)19(12-4-2-1-3-5-12)26-22(30)13-6-7-15-17(8-13)32-11-18(29)25-15;;;;/h6-8,12,14,19-21H,1-5,9-11H2,(H,25,29)(H,26,30);4*1H2/t14-,19-,20+,21+;;;;/m0..../s1. The van der Waals surface area contributed by atoms with Crippen molar-refractivity contribution in [1.82, 2.24) is 10.2 Å². The SMILES string of the molecule is O=C1COc2cc(C(=O)N[C@H](C(=O)N3C[C@H](Cl)[C@H]4OCC(=O)[C@H]43)C3CCCCC3)ccc2N1.S.S.S.S. The van der Waals surface area contributed by atoms with Crippen molar-refractivity contribution in [2.24, 2.45) is 5.92 Å². The van der Waals surface area contributed by atoms with Gasteiger partial charge in [0.2, 0.25) is 5.91 Å². The van der Waals surface area contributed by atoms with Crippen LogP contribution in [0.25, 0.3) is 0 Å². The first-order chi connectivity index (χ1) is 15.9. The Balaban J connectivity index is 0.00000171. The number of ether oxygens (including phenoxy) is 2. The molecule has 1 aromatic rings. The fourth-order valence-electron chi connectivity index (χ4n) is 5.29. The quantitative estimate of drug-likeness (QED) is 0.503. The number of carbonyl (C=O) groups is 4. The second-order valence-electron chi connectivity index (χ2n) is 9.09. The second-order valence-corrected chi connectivity index (χ2v) is 9.65. The Morgan fingerprint density at radius 3 is 2.46 bits per heavy atom. The first kappa shape index (κ1) is 33.8. The number of ketones is 1. The van der Waals surface area contributed by atoms with Crippen LogP contribution in [0.1, 0.15) is 42.5 Å². The molecule has 208 valence electrons. The number of anilines is 1. The van der Waals surface area contributed by atoms with E-state index in [1.54, 1.807) is 18.2 Å². The van der Waals surface area contributed by atoms with Crippen LogP contribution in [-0.4, -0.2) is 71.7 Å². The molecule has 0 aromatic heterocycles. The van der Waals surface area contributed by atoms with Gasteiger partial charge in [0, 0.05) is 12.1 Å². The minimum atomic E-state index is -0.759. The lowest BCUT2D eigenvalue weighted by Gasteiger charge is -2.34. The molecule has 9 nitrogen and oxygen atoms in total. The average Bonchev–Trinajstić information content (AvgIpc) is 3.37. The van der Waals surface area contributed by atoms with E-state index in [2.05, 4.69) is 10.6 Å². The molecule has 3 amide bonds. The molecule has 14 heteroatoms. The van der Waals surface area contributed by atoms with E-state index >= 15 is 0 Å². The lowest BCUT2D eigenvalue weighted by Crippen LogP contribution is -2.55. The number of rotatable bonds is 4. The van der Waals surface area contributed by atoms with Crippen molar-refractivity contribution in [2.45, 2.75) is 55.7 Å². The number of amides is 3. The Hall–Kier alpha value is -1.25. The molecule has 1 saturated carbocycles. The van der Waals surface area contributed by atoms with Crippen LogP contribution < -0.4 is 15.4 Å². The lowest BCUT2D eigenvalue weighted by atomic mass is 9.83. The summed E-state index contributed by atoms with van der Waals surface area (Å²) in [5.41, 5.74) is 0.826. The van der Waals surface area contributed by atoms with Gasteiger partial charge in [-0.15, -0.1) is 11.6 Å². The molecule has 2 N–H and O–H groups in total. The number of carbonyl (C=O) groups excluding carboxylic acids is 4. The van der Waals surface area contributed by atoms with Gasteiger partial charge in [-0.1, -0.05) is 19.3 Å². The molecule has 3 fully saturated rings. The van der Waals surface area contributed by atoms with Crippen molar-refractivity contribution < 1.29 is 28.7 Å². The monoisotopic (exact) mass is 611 g/mol. The van der Waals surface area contributed by atoms with E-state index in [9.17, 15) is 19.2 Å². The molecular weight excluding hydrogens is 578 g/mol. The summed E-state index contributed by atoms with van der Waals surface area (Å²) in [7, 11) is 0. The van der Waals surface area contributed by atoms with Crippen LogP contribution in [0, 0.1) is 5.92 Å². The van der Waals surface area contributed by atoms with Gasteiger partial charge in [-0.05, 0) is 37.0 Å². The minimum absolute atomic E-state index is 0. The number of hydrogen-bond acceptors (Lipinski definition) is 6. The van der Waals surface area contributed by atoms with Crippen molar-refractivity contribution in [1.29, 1.82) is 0 Å². The number of nitrogens with one attached hydrogen (secondary N) is 2. The first-order valence-electron chi connectivity index (χ1n) is 11.4. The van der Waals surface area contributed by atoms with E-state index in [0.29, 0.717) is 17.0 Å². The van der Waals surface area contributed by atoms with E-state index in [1.165, 1.54) is 4.90 Å². The third-order valence-corrected chi connectivity index (χ3v) is 7.34. The number of nitrogens with zero attached hydrogens (tertiary/aromatic N) is 1. The topological polar surface area (TPSA) is 114 Å². The molecule has 37 heavy (non-hydrogen) atoms. The molecule has 1 aliphatic carbocycles. The summed E-state index contributed by atoms with van der Waals surface area (Å²) in [4.78, 5) is 52.3. The molecule has 4 atom stereocenters. The van der Waals surface area contributed by atoms with Crippen LogP contribution in [0.15, 0.2) is 18.2 Å². The van der Waals surface area contributed by atoms with Gasteiger partial charge in [0.25, 0.3) is 11.8 Å². The summed E-state index contributed by atoms with van der Waals surface area (Å²) in [6.07, 6.45) is 4.23. The largest absolute Gasteiger partial charge is 0.482 e. The third-order valence-electron chi connectivity index (χ3n) is 6.96. The van der Waals surface area contributed by atoms with Crippen LogP contribution in [-0.2, 0) is 19.1 Å². The summed E-state index contributed by atoms with van der Waals surface area (Å²) in [5.74, 6) is -0.714.